The third-order valence-electron chi connectivity index (χ3n) is 3.65. The van der Waals surface area contributed by atoms with Crippen LogP contribution >= 0.6 is 0 Å². The van der Waals surface area contributed by atoms with Gasteiger partial charge in [0.1, 0.15) is 5.75 Å². The SMILES string of the molecule is COc1ccccc1C1CNCCN1CC(=O)NC(C)C. The Hall–Kier alpha value is -1.59. The van der Waals surface area contributed by atoms with Crippen molar-refractivity contribution in [1.82, 2.24) is 15.5 Å². The van der Waals surface area contributed by atoms with E-state index in [9.17, 15) is 4.79 Å². The first-order valence-corrected chi connectivity index (χ1v) is 7.49. The highest BCUT2D eigenvalue weighted by molar-refractivity contribution is 5.78. The molecule has 0 radical (unpaired) electrons. The second-order valence-corrected chi connectivity index (χ2v) is 5.65. The van der Waals surface area contributed by atoms with Crippen molar-refractivity contribution in [3.63, 3.8) is 0 Å². The van der Waals surface area contributed by atoms with Gasteiger partial charge in [-0.25, -0.2) is 0 Å². The van der Waals surface area contributed by atoms with Crippen LogP contribution in [0.4, 0.5) is 0 Å². The first kappa shape index (κ1) is 15.8. The van der Waals surface area contributed by atoms with Crippen LogP contribution in [0.25, 0.3) is 0 Å². The zero-order valence-corrected chi connectivity index (χ0v) is 13.1. The number of para-hydroxylation sites is 1. The molecule has 0 aliphatic carbocycles. The lowest BCUT2D eigenvalue weighted by Gasteiger charge is -2.36. The lowest BCUT2D eigenvalue weighted by Crippen LogP contribution is -2.50. The van der Waals surface area contributed by atoms with Crippen molar-refractivity contribution in [2.24, 2.45) is 0 Å². The average molecular weight is 291 g/mol. The number of carbonyl (C=O) groups excluding carboxylic acids is 1. The van der Waals surface area contributed by atoms with E-state index in [0.717, 1.165) is 30.9 Å². The summed E-state index contributed by atoms with van der Waals surface area (Å²) >= 11 is 0. The van der Waals surface area contributed by atoms with Gasteiger partial charge in [0.2, 0.25) is 5.91 Å². The molecule has 1 saturated heterocycles. The lowest BCUT2D eigenvalue weighted by molar-refractivity contribution is -0.123. The van der Waals surface area contributed by atoms with E-state index in [1.807, 2.05) is 32.0 Å². The molecule has 21 heavy (non-hydrogen) atoms. The standard InChI is InChI=1S/C16H25N3O2/c1-12(2)18-16(20)11-19-9-8-17-10-14(19)13-6-4-5-7-15(13)21-3/h4-7,12,14,17H,8-11H2,1-3H3,(H,18,20). The van der Waals surface area contributed by atoms with E-state index in [1.165, 1.54) is 0 Å². The predicted molar refractivity (Wildman–Crippen MR) is 83.5 cm³/mol. The number of methoxy groups -OCH3 is 1. The predicted octanol–water partition coefficient (Wildman–Crippen LogP) is 1.17. The largest absolute Gasteiger partial charge is 0.496 e. The molecular weight excluding hydrogens is 266 g/mol. The average Bonchev–Trinajstić information content (AvgIpc) is 2.47. The molecule has 0 saturated carbocycles. The van der Waals surface area contributed by atoms with Crippen LogP contribution < -0.4 is 15.4 Å². The zero-order valence-electron chi connectivity index (χ0n) is 13.1. The van der Waals surface area contributed by atoms with E-state index < -0.39 is 0 Å². The molecule has 5 heteroatoms. The molecule has 1 aliphatic heterocycles. The maximum Gasteiger partial charge on any atom is 0.234 e. The number of amides is 1. The van der Waals surface area contributed by atoms with Gasteiger partial charge in [0, 0.05) is 31.2 Å². The van der Waals surface area contributed by atoms with Gasteiger partial charge in [-0.1, -0.05) is 18.2 Å². The minimum atomic E-state index is 0.0757. The van der Waals surface area contributed by atoms with E-state index in [2.05, 4.69) is 21.6 Å². The van der Waals surface area contributed by atoms with Crippen LogP contribution in [0.2, 0.25) is 0 Å². The number of benzene rings is 1. The fraction of sp³-hybridized carbons (Fsp3) is 0.562. The molecule has 1 unspecified atom stereocenters. The summed E-state index contributed by atoms with van der Waals surface area (Å²) in [6.45, 7) is 6.97. The van der Waals surface area contributed by atoms with Gasteiger partial charge < -0.3 is 15.4 Å². The van der Waals surface area contributed by atoms with E-state index in [0.29, 0.717) is 6.54 Å². The molecule has 0 bridgehead atoms. The molecule has 0 aromatic heterocycles. The highest BCUT2D eigenvalue weighted by Gasteiger charge is 2.27. The number of hydrogen-bond donors (Lipinski definition) is 2. The normalized spacial score (nSPS) is 19.5. The zero-order chi connectivity index (χ0) is 15.2. The third kappa shape index (κ3) is 4.19. The van der Waals surface area contributed by atoms with E-state index in [1.54, 1.807) is 7.11 Å². The topological polar surface area (TPSA) is 53.6 Å². The Morgan fingerprint density at radius 1 is 1.48 bits per heavy atom. The van der Waals surface area contributed by atoms with Gasteiger partial charge in [-0.3, -0.25) is 9.69 Å². The van der Waals surface area contributed by atoms with Crippen LogP contribution in [-0.4, -0.2) is 50.1 Å². The Morgan fingerprint density at radius 2 is 2.24 bits per heavy atom. The Balaban J connectivity index is 2.13. The molecule has 0 spiro atoms. The van der Waals surface area contributed by atoms with E-state index >= 15 is 0 Å². The number of rotatable bonds is 5. The van der Waals surface area contributed by atoms with Crippen LogP contribution in [0.3, 0.4) is 0 Å². The summed E-state index contributed by atoms with van der Waals surface area (Å²) in [6, 6.07) is 8.35. The highest BCUT2D eigenvalue weighted by Crippen LogP contribution is 2.29. The number of ether oxygens (including phenoxy) is 1. The quantitative estimate of drug-likeness (QED) is 0.855. The Bertz CT molecular complexity index is 476. The van der Waals surface area contributed by atoms with E-state index in [-0.39, 0.29) is 18.0 Å². The van der Waals surface area contributed by atoms with E-state index in [4.69, 9.17) is 4.74 Å². The number of nitrogens with one attached hydrogen (secondary N) is 2. The molecule has 1 fully saturated rings. The number of hydrogen-bond acceptors (Lipinski definition) is 4. The molecular formula is C16H25N3O2. The van der Waals surface area contributed by atoms with Gasteiger partial charge in [0.15, 0.2) is 0 Å². The second-order valence-electron chi connectivity index (χ2n) is 5.65. The first-order chi connectivity index (χ1) is 10.1. The van der Waals surface area contributed by atoms with Crippen molar-refractivity contribution in [3.05, 3.63) is 29.8 Å². The Labute approximate surface area is 126 Å². The van der Waals surface area contributed by atoms with Crippen LogP contribution in [0.5, 0.6) is 5.75 Å². The Kier molecular flexibility index (Phi) is 5.59. The molecule has 1 heterocycles. The van der Waals surface area contributed by atoms with Gasteiger partial charge in [-0.05, 0) is 19.9 Å². The van der Waals surface area contributed by atoms with Crippen LogP contribution in [-0.2, 0) is 4.79 Å². The van der Waals surface area contributed by atoms with Crippen molar-refractivity contribution in [2.75, 3.05) is 33.3 Å². The fourth-order valence-electron chi connectivity index (χ4n) is 2.74. The second kappa shape index (κ2) is 7.43. The van der Waals surface area contributed by atoms with Crippen molar-refractivity contribution < 1.29 is 9.53 Å². The van der Waals surface area contributed by atoms with Gasteiger partial charge in [-0.15, -0.1) is 0 Å². The molecule has 1 atom stereocenters. The summed E-state index contributed by atoms with van der Waals surface area (Å²) in [5.41, 5.74) is 1.13. The molecule has 2 N–H and O–H groups in total. The summed E-state index contributed by atoms with van der Waals surface area (Å²) in [5, 5.41) is 6.36. The molecule has 5 nitrogen and oxygen atoms in total. The molecule has 1 aliphatic rings. The fourth-order valence-corrected chi connectivity index (χ4v) is 2.74. The summed E-state index contributed by atoms with van der Waals surface area (Å²) in [6.07, 6.45) is 0. The summed E-state index contributed by atoms with van der Waals surface area (Å²) in [4.78, 5) is 14.3. The monoisotopic (exact) mass is 291 g/mol. The third-order valence-corrected chi connectivity index (χ3v) is 3.65. The van der Waals surface area contributed by atoms with Crippen LogP contribution in [0.1, 0.15) is 25.5 Å². The van der Waals surface area contributed by atoms with Gasteiger partial charge in [0.05, 0.1) is 19.7 Å². The minimum Gasteiger partial charge on any atom is -0.496 e. The minimum absolute atomic E-state index is 0.0757. The van der Waals surface area contributed by atoms with Gasteiger partial charge in [0.25, 0.3) is 0 Å². The first-order valence-electron chi connectivity index (χ1n) is 7.49. The van der Waals surface area contributed by atoms with Crippen LogP contribution in [0.15, 0.2) is 24.3 Å². The highest BCUT2D eigenvalue weighted by atomic mass is 16.5. The number of piperazine rings is 1. The molecule has 1 aromatic rings. The molecule has 116 valence electrons. The summed E-state index contributed by atoms with van der Waals surface area (Å²) in [5.74, 6) is 0.951. The number of carbonyl (C=O) groups is 1. The van der Waals surface area contributed by atoms with Crippen molar-refractivity contribution in [2.45, 2.75) is 25.9 Å². The summed E-state index contributed by atoms with van der Waals surface area (Å²) in [7, 11) is 1.69. The van der Waals surface area contributed by atoms with Crippen molar-refractivity contribution in [3.8, 4) is 5.75 Å². The van der Waals surface area contributed by atoms with Gasteiger partial charge >= 0.3 is 0 Å². The van der Waals surface area contributed by atoms with Crippen molar-refractivity contribution >= 4 is 5.91 Å². The maximum absolute atomic E-state index is 12.0. The molecule has 1 aromatic carbocycles. The Morgan fingerprint density at radius 3 is 2.95 bits per heavy atom. The molecule has 2 rings (SSSR count). The summed E-state index contributed by atoms with van der Waals surface area (Å²) < 4.78 is 5.46. The van der Waals surface area contributed by atoms with Gasteiger partial charge in [-0.2, -0.15) is 0 Å². The lowest BCUT2D eigenvalue weighted by atomic mass is 10.0. The smallest absolute Gasteiger partial charge is 0.234 e. The number of nitrogens with zero attached hydrogens (tertiary/aromatic N) is 1. The maximum atomic E-state index is 12.0. The van der Waals surface area contributed by atoms with Crippen molar-refractivity contribution in [1.29, 1.82) is 0 Å². The molecule has 1 amide bonds. The van der Waals surface area contributed by atoms with Crippen LogP contribution in [0, 0.1) is 0 Å².